The van der Waals surface area contributed by atoms with E-state index in [0.29, 0.717) is 0 Å². The van der Waals surface area contributed by atoms with Gasteiger partial charge in [0.15, 0.2) is 16.5 Å². The average Bonchev–Trinajstić information content (AvgIpc) is 2.82. The molecule has 2 aromatic rings. The molecule has 0 aliphatic rings. The Bertz CT molecular complexity index is 754. The zero-order chi connectivity index (χ0) is 15.1. The monoisotopic (exact) mass is 300 g/mol. The molecule has 0 aliphatic carbocycles. The predicted molar refractivity (Wildman–Crippen MR) is 67.0 cm³/mol. The number of carboxylic acids is 1. The summed E-state index contributed by atoms with van der Waals surface area (Å²) in [5.41, 5.74) is 0.0749. The van der Waals surface area contributed by atoms with E-state index in [-0.39, 0.29) is 27.9 Å². The first kappa shape index (κ1) is 14.1. The van der Waals surface area contributed by atoms with Crippen LogP contribution >= 0.6 is 0 Å². The Labute approximate surface area is 114 Å². The van der Waals surface area contributed by atoms with Gasteiger partial charge in [-0.1, -0.05) is 5.16 Å². The summed E-state index contributed by atoms with van der Waals surface area (Å²) in [5, 5.41) is 16.2. The molecule has 0 aromatic carbocycles. The molecule has 2 N–H and O–H groups in total. The van der Waals surface area contributed by atoms with Crippen LogP contribution < -0.4 is 4.72 Å². The van der Waals surface area contributed by atoms with Crippen LogP contribution in [0.25, 0.3) is 0 Å². The Morgan fingerprint density at radius 1 is 1.45 bits per heavy atom. The van der Waals surface area contributed by atoms with E-state index in [0.717, 1.165) is 10.7 Å². The normalized spacial score (nSPS) is 11.6. The highest BCUT2D eigenvalue weighted by molar-refractivity contribution is 7.92. The number of carboxylic acid groups (broad SMARTS) is 1. The van der Waals surface area contributed by atoms with Crippen LogP contribution in [-0.2, 0) is 17.1 Å². The van der Waals surface area contributed by atoms with Crippen molar-refractivity contribution in [2.24, 2.45) is 7.05 Å². The van der Waals surface area contributed by atoms with Crippen molar-refractivity contribution in [1.29, 1.82) is 0 Å². The van der Waals surface area contributed by atoms with Crippen molar-refractivity contribution >= 4 is 21.8 Å². The molecular weight excluding hydrogens is 288 g/mol. The molecule has 20 heavy (non-hydrogen) atoms. The number of aromatic carboxylic acids is 1. The topological polar surface area (TPSA) is 127 Å². The number of rotatable bonds is 4. The molecule has 0 bridgehead atoms. The maximum atomic E-state index is 12.2. The fourth-order valence-electron chi connectivity index (χ4n) is 1.76. The minimum atomic E-state index is -3.94. The van der Waals surface area contributed by atoms with Crippen molar-refractivity contribution in [3.63, 3.8) is 0 Å². The molecule has 0 amide bonds. The third kappa shape index (κ3) is 2.37. The van der Waals surface area contributed by atoms with Gasteiger partial charge in [0, 0.05) is 13.1 Å². The van der Waals surface area contributed by atoms with E-state index in [1.54, 1.807) is 0 Å². The number of aromatic nitrogens is 3. The number of sulfonamides is 1. The molecule has 0 aliphatic heterocycles. The van der Waals surface area contributed by atoms with E-state index in [1.807, 2.05) is 0 Å². The van der Waals surface area contributed by atoms with Gasteiger partial charge in [0.2, 0.25) is 0 Å². The maximum Gasteiger partial charge on any atom is 0.354 e. The minimum Gasteiger partial charge on any atom is -0.477 e. The lowest BCUT2D eigenvalue weighted by Gasteiger charge is -2.03. The minimum absolute atomic E-state index is 0.0833. The Morgan fingerprint density at radius 2 is 2.10 bits per heavy atom. The van der Waals surface area contributed by atoms with E-state index < -0.39 is 16.0 Å². The maximum absolute atomic E-state index is 12.2. The summed E-state index contributed by atoms with van der Waals surface area (Å²) < 4.78 is 32.4. The first-order valence-electron chi connectivity index (χ1n) is 5.45. The Morgan fingerprint density at radius 3 is 2.55 bits per heavy atom. The summed E-state index contributed by atoms with van der Waals surface area (Å²) in [5.74, 6) is -1.16. The second kappa shape index (κ2) is 4.63. The third-order valence-electron chi connectivity index (χ3n) is 2.57. The zero-order valence-corrected chi connectivity index (χ0v) is 11.7. The van der Waals surface area contributed by atoms with Gasteiger partial charge in [0.1, 0.15) is 11.4 Å². The molecule has 0 fully saturated rings. The standard InChI is InChI=1S/C10H12N4O5S/c1-5-9(6(2)19-12-5)20(17,18)13-8-4-7(10(15)16)14(3)11-8/h4H,1-3H3,(H,11,13)(H,15,16). The van der Waals surface area contributed by atoms with Crippen LogP contribution in [0.15, 0.2) is 15.5 Å². The zero-order valence-electron chi connectivity index (χ0n) is 10.9. The Hall–Kier alpha value is -2.36. The molecule has 0 radical (unpaired) electrons. The number of nitrogens with zero attached hydrogens (tertiary/aromatic N) is 3. The van der Waals surface area contributed by atoms with Crippen LogP contribution in [0.2, 0.25) is 0 Å². The molecule has 0 atom stereocenters. The smallest absolute Gasteiger partial charge is 0.354 e. The highest BCUT2D eigenvalue weighted by atomic mass is 32.2. The summed E-state index contributed by atoms with van der Waals surface area (Å²) in [7, 11) is -2.54. The van der Waals surface area contributed by atoms with Gasteiger partial charge >= 0.3 is 5.97 Å². The lowest BCUT2D eigenvalue weighted by atomic mass is 10.4. The van der Waals surface area contributed by atoms with E-state index in [9.17, 15) is 13.2 Å². The van der Waals surface area contributed by atoms with Crippen molar-refractivity contribution in [2.75, 3.05) is 4.72 Å². The Balaban J connectivity index is 2.39. The Kier molecular flexibility index (Phi) is 3.26. The summed E-state index contributed by atoms with van der Waals surface area (Å²) in [6, 6.07) is 1.12. The number of hydrogen-bond acceptors (Lipinski definition) is 6. The van der Waals surface area contributed by atoms with E-state index in [2.05, 4.69) is 15.0 Å². The first-order valence-corrected chi connectivity index (χ1v) is 6.93. The molecule has 108 valence electrons. The third-order valence-corrected chi connectivity index (χ3v) is 4.17. The molecule has 0 saturated carbocycles. The lowest BCUT2D eigenvalue weighted by molar-refractivity contribution is 0.0685. The molecule has 0 unspecified atom stereocenters. The first-order chi connectivity index (χ1) is 9.22. The molecule has 9 nitrogen and oxygen atoms in total. The number of aryl methyl sites for hydroxylation is 3. The van der Waals surface area contributed by atoms with Crippen LogP contribution in [-0.4, -0.2) is 34.4 Å². The van der Waals surface area contributed by atoms with Crippen molar-refractivity contribution in [1.82, 2.24) is 14.9 Å². The second-order valence-corrected chi connectivity index (χ2v) is 5.72. The highest BCUT2D eigenvalue weighted by Gasteiger charge is 2.25. The molecule has 2 aromatic heterocycles. The number of hydrogen-bond donors (Lipinski definition) is 2. The lowest BCUT2D eigenvalue weighted by Crippen LogP contribution is -2.15. The van der Waals surface area contributed by atoms with Crippen molar-refractivity contribution in [3.05, 3.63) is 23.2 Å². The van der Waals surface area contributed by atoms with Crippen molar-refractivity contribution < 1.29 is 22.8 Å². The molecule has 2 heterocycles. The fraction of sp³-hybridized carbons (Fsp3) is 0.300. The van der Waals surface area contributed by atoms with Gasteiger partial charge in [-0.05, 0) is 13.8 Å². The molecule has 0 spiro atoms. The summed E-state index contributed by atoms with van der Waals surface area (Å²) in [6.45, 7) is 2.96. The quantitative estimate of drug-likeness (QED) is 0.842. The van der Waals surface area contributed by atoms with Gasteiger partial charge in [-0.3, -0.25) is 9.40 Å². The van der Waals surface area contributed by atoms with Crippen LogP contribution in [0, 0.1) is 13.8 Å². The van der Waals surface area contributed by atoms with Gasteiger partial charge in [0.25, 0.3) is 10.0 Å². The molecular formula is C10H12N4O5S. The average molecular weight is 300 g/mol. The summed E-state index contributed by atoms with van der Waals surface area (Å²) in [4.78, 5) is 10.8. The van der Waals surface area contributed by atoms with Gasteiger partial charge in [-0.2, -0.15) is 5.10 Å². The van der Waals surface area contributed by atoms with E-state index in [1.165, 1.54) is 20.9 Å². The highest BCUT2D eigenvalue weighted by Crippen LogP contribution is 2.22. The number of nitrogens with one attached hydrogen (secondary N) is 1. The van der Waals surface area contributed by atoms with Gasteiger partial charge in [0.05, 0.1) is 0 Å². The van der Waals surface area contributed by atoms with Gasteiger partial charge in [-0.15, -0.1) is 0 Å². The van der Waals surface area contributed by atoms with Gasteiger partial charge < -0.3 is 9.63 Å². The molecule has 2 rings (SSSR count). The van der Waals surface area contributed by atoms with Crippen LogP contribution in [0.1, 0.15) is 21.9 Å². The van der Waals surface area contributed by atoms with Gasteiger partial charge in [-0.25, -0.2) is 13.2 Å². The summed E-state index contributed by atoms with van der Waals surface area (Å²) >= 11 is 0. The second-order valence-electron chi connectivity index (χ2n) is 4.10. The number of anilines is 1. The molecule has 10 heteroatoms. The largest absolute Gasteiger partial charge is 0.477 e. The SMILES string of the molecule is Cc1noc(C)c1S(=O)(=O)Nc1cc(C(=O)O)n(C)n1. The number of carbonyl (C=O) groups is 1. The van der Waals surface area contributed by atoms with Crippen molar-refractivity contribution in [3.8, 4) is 0 Å². The summed E-state index contributed by atoms with van der Waals surface area (Å²) in [6.07, 6.45) is 0. The van der Waals surface area contributed by atoms with Crippen molar-refractivity contribution in [2.45, 2.75) is 18.7 Å². The fourth-order valence-corrected chi connectivity index (χ4v) is 3.08. The predicted octanol–water partition coefficient (Wildman–Crippen LogP) is 0.524. The van der Waals surface area contributed by atoms with E-state index >= 15 is 0 Å². The van der Waals surface area contributed by atoms with Crippen LogP contribution in [0.5, 0.6) is 0 Å². The molecule has 0 saturated heterocycles. The van der Waals surface area contributed by atoms with Crippen LogP contribution in [0.4, 0.5) is 5.82 Å². The van der Waals surface area contributed by atoms with Crippen LogP contribution in [0.3, 0.4) is 0 Å². The van der Waals surface area contributed by atoms with E-state index in [4.69, 9.17) is 9.63 Å².